The monoisotopic (exact) mass is 392 g/mol. The lowest BCUT2D eigenvalue weighted by molar-refractivity contribution is 0.102. The Hall–Kier alpha value is -3.42. The van der Waals surface area contributed by atoms with E-state index in [1.807, 2.05) is 18.2 Å². The molecule has 4 rings (SSSR count). The molecule has 0 unspecified atom stereocenters. The quantitative estimate of drug-likeness (QED) is 0.718. The summed E-state index contributed by atoms with van der Waals surface area (Å²) in [5, 5.41) is 2.83. The van der Waals surface area contributed by atoms with E-state index in [0.29, 0.717) is 28.9 Å². The summed E-state index contributed by atoms with van der Waals surface area (Å²) in [6.45, 7) is 4.25. The van der Waals surface area contributed by atoms with Gasteiger partial charge in [-0.25, -0.2) is 15.0 Å². The number of rotatable bonds is 5. The number of ether oxygens (including phenoxy) is 1. The van der Waals surface area contributed by atoms with Gasteiger partial charge in [0.15, 0.2) is 0 Å². The van der Waals surface area contributed by atoms with Crippen molar-refractivity contribution < 1.29 is 9.53 Å². The molecule has 0 radical (unpaired) electrons. The Morgan fingerprint density at radius 1 is 1.21 bits per heavy atom. The van der Waals surface area contributed by atoms with Crippen LogP contribution in [-0.4, -0.2) is 45.6 Å². The number of anilines is 2. The molecule has 0 bridgehead atoms. The van der Waals surface area contributed by atoms with E-state index >= 15 is 0 Å². The highest BCUT2D eigenvalue weighted by molar-refractivity contribution is 6.03. The molecule has 1 atom stereocenters. The maximum Gasteiger partial charge on any atom is 0.275 e. The molecule has 1 aliphatic rings. The average Bonchev–Trinajstić information content (AvgIpc) is 3.25. The predicted molar refractivity (Wildman–Crippen MR) is 111 cm³/mol. The summed E-state index contributed by atoms with van der Waals surface area (Å²) in [5.74, 6) is 2.51. The molecule has 3 heterocycles. The highest BCUT2D eigenvalue weighted by Crippen LogP contribution is 2.24. The van der Waals surface area contributed by atoms with E-state index in [4.69, 9.17) is 4.74 Å². The van der Waals surface area contributed by atoms with Crippen LogP contribution in [0.2, 0.25) is 0 Å². The number of hydrogen-bond acceptors (Lipinski definition) is 6. The van der Waals surface area contributed by atoms with Gasteiger partial charge >= 0.3 is 0 Å². The molecule has 8 heteroatoms. The van der Waals surface area contributed by atoms with Gasteiger partial charge in [0.05, 0.1) is 12.8 Å². The zero-order chi connectivity index (χ0) is 20.2. The number of nitrogens with one attached hydrogen (secondary N) is 1. The van der Waals surface area contributed by atoms with E-state index in [1.165, 1.54) is 12.8 Å². The number of piperidine rings is 1. The lowest BCUT2D eigenvalue weighted by Gasteiger charge is -2.31. The standard InChI is InChI=1S/C21H24N6O2/c1-15-6-5-9-26(11-15)19-10-20(23-13-22-19)27-12-17(24-14-27)21(28)25-16-7-3-4-8-18(16)29-2/h3-4,7-8,10,12-15H,5-6,9,11H2,1-2H3,(H,25,28)/t15-/m1/s1. The SMILES string of the molecule is COc1ccccc1NC(=O)c1cn(-c2cc(N3CCC[C@@H](C)C3)ncn2)cn1. The van der Waals surface area contributed by atoms with Crippen LogP contribution >= 0.6 is 0 Å². The first kappa shape index (κ1) is 18.9. The van der Waals surface area contributed by atoms with E-state index in [-0.39, 0.29) is 5.91 Å². The molecule has 1 aromatic carbocycles. The molecular weight excluding hydrogens is 368 g/mol. The number of para-hydroxylation sites is 2. The summed E-state index contributed by atoms with van der Waals surface area (Å²) in [6, 6.07) is 9.18. The van der Waals surface area contributed by atoms with Gasteiger partial charge in [0.1, 0.15) is 35.7 Å². The molecule has 2 aromatic heterocycles. The first-order valence-corrected chi connectivity index (χ1v) is 9.70. The lowest BCUT2D eigenvalue weighted by Crippen LogP contribution is -2.34. The number of aromatic nitrogens is 4. The van der Waals surface area contributed by atoms with E-state index in [1.54, 1.807) is 42.7 Å². The second-order valence-electron chi connectivity index (χ2n) is 7.25. The number of imidazole rings is 1. The van der Waals surface area contributed by atoms with Crippen LogP contribution in [0.1, 0.15) is 30.3 Å². The van der Waals surface area contributed by atoms with Gasteiger partial charge in [-0.15, -0.1) is 0 Å². The van der Waals surface area contributed by atoms with Crippen LogP contribution in [0.25, 0.3) is 5.82 Å². The summed E-state index contributed by atoms with van der Waals surface area (Å²) in [5.41, 5.74) is 0.890. The minimum atomic E-state index is -0.313. The van der Waals surface area contributed by atoms with Crippen LogP contribution < -0.4 is 15.0 Å². The van der Waals surface area contributed by atoms with Gasteiger partial charge in [0.2, 0.25) is 0 Å². The van der Waals surface area contributed by atoms with Crippen molar-refractivity contribution in [1.82, 2.24) is 19.5 Å². The van der Waals surface area contributed by atoms with Crippen LogP contribution in [0, 0.1) is 5.92 Å². The van der Waals surface area contributed by atoms with Crippen LogP contribution in [0.15, 0.2) is 49.2 Å². The fraction of sp³-hybridized carbons (Fsp3) is 0.333. The van der Waals surface area contributed by atoms with Crippen molar-refractivity contribution in [3.63, 3.8) is 0 Å². The predicted octanol–water partition coefficient (Wildman–Crippen LogP) is 3.16. The van der Waals surface area contributed by atoms with E-state index in [2.05, 4.69) is 32.1 Å². The van der Waals surface area contributed by atoms with Gasteiger partial charge in [0.25, 0.3) is 5.91 Å². The van der Waals surface area contributed by atoms with E-state index in [9.17, 15) is 4.79 Å². The Bertz CT molecular complexity index is 1000. The Kier molecular flexibility index (Phi) is 5.41. The number of nitrogens with zero attached hydrogens (tertiary/aromatic N) is 5. The zero-order valence-corrected chi connectivity index (χ0v) is 16.6. The maximum absolute atomic E-state index is 12.6. The molecule has 1 N–H and O–H groups in total. The van der Waals surface area contributed by atoms with Gasteiger partial charge in [-0.3, -0.25) is 9.36 Å². The van der Waals surface area contributed by atoms with Gasteiger partial charge in [0, 0.05) is 25.4 Å². The van der Waals surface area contributed by atoms with Gasteiger partial charge in [-0.1, -0.05) is 19.1 Å². The fourth-order valence-corrected chi connectivity index (χ4v) is 3.55. The van der Waals surface area contributed by atoms with E-state index < -0.39 is 0 Å². The molecule has 1 fully saturated rings. The molecule has 0 spiro atoms. The second kappa shape index (κ2) is 8.30. The summed E-state index contributed by atoms with van der Waals surface area (Å²) < 4.78 is 7.00. The smallest absolute Gasteiger partial charge is 0.275 e. The largest absolute Gasteiger partial charge is 0.495 e. The van der Waals surface area contributed by atoms with Crippen LogP contribution in [0.4, 0.5) is 11.5 Å². The molecule has 0 saturated carbocycles. The van der Waals surface area contributed by atoms with Crippen molar-refractivity contribution in [2.24, 2.45) is 5.92 Å². The lowest BCUT2D eigenvalue weighted by atomic mass is 10.0. The Balaban J connectivity index is 1.51. The molecule has 29 heavy (non-hydrogen) atoms. The Morgan fingerprint density at radius 2 is 2.03 bits per heavy atom. The maximum atomic E-state index is 12.6. The first-order chi connectivity index (χ1) is 14.1. The van der Waals surface area contributed by atoms with E-state index in [0.717, 1.165) is 18.9 Å². The third-order valence-electron chi connectivity index (χ3n) is 5.05. The molecule has 0 aliphatic carbocycles. The number of carbonyl (C=O) groups excluding carboxylic acids is 1. The fourth-order valence-electron chi connectivity index (χ4n) is 3.55. The van der Waals surface area contributed by atoms with Crippen LogP contribution in [0.5, 0.6) is 5.75 Å². The third kappa shape index (κ3) is 4.21. The third-order valence-corrected chi connectivity index (χ3v) is 5.05. The Labute approximate surface area is 169 Å². The molecule has 3 aromatic rings. The van der Waals surface area contributed by atoms with Crippen molar-refractivity contribution in [3.8, 4) is 11.6 Å². The van der Waals surface area contributed by atoms with Crippen molar-refractivity contribution in [2.75, 3.05) is 30.4 Å². The van der Waals surface area contributed by atoms with Gasteiger partial charge in [-0.05, 0) is 30.9 Å². The number of carbonyl (C=O) groups is 1. The van der Waals surface area contributed by atoms with Crippen LogP contribution in [-0.2, 0) is 0 Å². The number of methoxy groups -OCH3 is 1. The highest BCUT2D eigenvalue weighted by atomic mass is 16.5. The highest BCUT2D eigenvalue weighted by Gasteiger charge is 2.19. The first-order valence-electron chi connectivity index (χ1n) is 9.70. The number of hydrogen-bond donors (Lipinski definition) is 1. The van der Waals surface area contributed by atoms with Crippen molar-refractivity contribution in [2.45, 2.75) is 19.8 Å². The van der Waals surface area contributed by atoms with Crippen molar-refractivity contribution in [3.05, 3.63) is 54.9 Å². The van der Waals surface area contributed by atoms with Crippen molar-refractivity contribution in [1.29, 1.82) is 0 Å². The Morgan fingerprint density at radius 3 is 2.86 bits per heavy atom. The minimum absolute atomic E-state index is 0.294. The topological polar surface area (TPSA) is 85.2 Å². The van der Waals surface area contributed by atoms with Crippen LogP contribution in [0.3, 0.4) is 0 Å². The van der Waals surface area contributed by atoms with Crippen molar-refractivity contribution >= 4 is 17.4 Å². The second-order valence-corrected chi connectivity index (χ2v) is 7.25. The molecule has 1 aliphatic heterocycles. The molecule has 8 nitrogen and oxygen atoms in total. The summed E-state index contributed by atoms with van der Waals surface area (Å²) in [7, 11) is 1.56. The summed E-state index contributed by atoms with van der Waals surface area (Å²) in [6.07, 6.45) is 7.22. The van der Waals surface area contributed by atoms with Gasteiger partial charge < -0.3 is 15.0 Å². The van der Waals surface area contributed by atoms with Gasteiger partial charge in [-0.2, -0.15) is 0 Å². The number of amides is 1. The minimum Gasteiger partial charge on any atom is -0.495 e. The summed E-state index contributed by atoms with van der Waals surface area (Å²) in [4.78, 5) is 27.9. The molecular formula is C21H24N6O2. The average molecular weight is 392 g/mol. The zero-order valence-electron chi connectivity index (χ0n) is 16.6. The summed E-state index contributed by atoms with van der Waals surface area (Å²) >= 11 is 0. The molecule has 1 saturated heterocycles. The molecule has 1 amide bonds. The number of benzene rings is 1. The normalized spacial score (nSPS) is 16.5. The molecule has 150 valence electrons.